The normalized spacial score (nSPS) is 14.4. The lowest BCUT2D eigenvalue weighted by molar-refractivity contribution is 0.212. The molecule has 114 valence electrons. The first-order valence-corrected chi connectivity index (χ1v) is 7.18. The summed E-state index contributed by atoms with van der Waals surface area (Å²) in [5.41, 5.74) is 0.502. The molecule has 0 heterocycles. The van der Waals surface area contributed by atoms with Crippen LogP contribution in [0.3, 0.4) is 0 Å². The minimum absolute atomic E-state index is 0.0178. The van der Waals surface area contributed by atoms with Crippen molar-refractivity contribution in [1.29, 1.82) is 0 Å². The van der Waals surface area contributed by atoms with Gasteiger partial charge in [-0.2, -0.15) is 0 Å². The molecule has 0 bridgehead atoms. The zero-order chi connectivity index (χ0) is 15.6. The molecule has 0 amide bonds. The van der Waals surface area contributed by atoms with E-state index in [2.05, 4.69) is 46.9 Å². The van der Waals surface area contributed by atoms with Crippen LogP contribution in [0.25, 0.3) is 0 Å². The van der Waals surface area contributed by atoms with Crippen molar-refractivity contribution in [2.24, 2.45) is 11.3 Å². The van der Waals surface area contributed by atoms with E-state index in [1.54, 1.807) is 12.1 Å². The summed E-state index contributed by atoms with van der Waals surface area (Å²) in [5.74, 6) is -1.24. The lowest BCUT2D eigenvalue weighted by Crippen LogP contribution is -2.42. The Morgan fingerprint density at radius 3 is 2.15 bits per heavy atom. The lowest BCUT2D eigenvalue weighted by Gasteiger charge is -2.34. The number of rotatable bonds is 4. The van der Waals surface area contributed by atoms with E-state index >= 15 is 0 Å². The monoisotopic (exact) mass is 283 g/mol. The third-order valence-corrected chi connectivity index (χ3v) is 3.60. The number of hydrogen-bond acceptors (Lipinski definition) is 1. The average molecular weight is 283 g/mol. The molecule has 1 unspecified atom stereocenters. The third-order valence-electron chi connectivity index (χ3n) is 3.60. The Hall–Kier alpha value is -0.960. The fourth-order valence-corrected chi connectivity index (χ4v) is 2.09. The first-order valence-electron chi connectivity index (χ1n) is 7.18. The highest BCUT2D eigenvalue weighted by Gasteiger charge is 2.27. The molecule has 20 heavy (non-hydrogen) atoms. The van der Waals surface area contributed by atoms with Gasteiger partial charge in [-0.1, -0.05) is 32.9 Å². The molecular formula is C17H27F2N. The van der Waals surface area contributed by atoms with Crippen LogP contribution in [0.2, 0.25) is 0 Å². The van der Waals surface area contributed by atoms with Gasteiger partial charge in [0.05, 0.1) is 0 Å². The van der Waals surface area contributed by atoms with Gasteiger partial charge in [-0.15, -0.1) is 0 Å². The Morgan fingerprint density at radius 2 is 1.65 bits per heavy atom. The van der Waals surface area contributed by atoms with Gasteiger partial charge < -0.3 is 5.32 Å². The second-order valence-electron chi connectivity index (χ2n) is 7.61. The van der Waals surface area contributed by atoms with E-state index in [0.717, 1.165) is 6.54 Å². The highest BCUT2D eigenvalue weighted by Crippen LogP contribution is 2.30. The molecule has 0 saturated carbocycles. The highest BCUT2D eigenvalue weighted by molar-refractivity contribution is 5.20. The van der Waals surface area contributed by atoms with Gasteiger partial charge in [0.15, 0.2) is 11.6 Å². The summed E-state index contributed by atoms with van der Waals surface area (Å²) in [5, 5.41) is 3.47. The maximum Gasteiger partial charge on any atom is 0.162 e. The van der Waals surface area contributed by atoms with Crippen LogP contribution in [-0.4, -0.2) is 12.1 Å². The summed E-state index contributed by atoms with van der Waals surface area (Å²) in [4.78, 5) is 0. The molecule has 0 aliphatic rings. The van der Waals surface area contributed by atoms with Crippen LogP contribution < -0.4 is 5.32 Å². The molecule has 1 aromatic carbocycles. The molecule has 0 aromatic heterocycles. The zero-order valence-electron chi connectivity index (χ0n) is 13.5. The SMILES string of the molecule is CC(C)(C)NCC(Cc1cccc(F)c1F)C(C)(C)C. The van der Waals surface area contributed by atoms with Crippen molar-refractivity contribution in [2.45, 2.75) is 53.5 Å². The van der Waals surface area contributed by atoms with Gasteiger partial charge in [0.2, 0.25) is 0 Å². The topological polar surface area (TPSA) is 12.0 Å². The van der Waals surface area contributed by atoms with Crippen LogP contribution in [0.5, 0.6) is 0 Å². The van der Waals surface area contributed by atoms with E-state index < -0.39 is 11.6 Å². The fourth-order valence-electron chi connectivity index (χ4n) is 2.09. The van der Waals surface area contributed by atoms with Crippen molar-refractivity contribution in [1.82, 2.24) is 5.32 Å². The Labute approximate surface area is 121 Å². The van der Waals surface area contributed by atoms with Crippen molar-refractivity contribution in [3.05, 3.63) is 35.4 Å². The Morgan fingerprint density at radius 1 is 1.05 bits per heavy atom. The molecule has 1 rings (SSSR count). The van der Waals surface area contributed by atoms with Gasteiger partial charge in [-0.3, -0.25) is 0 Å². The summed E-state index contributed by atoms with van der Waals surface area (Å²) in [6.07, 6.45) is 0.538. The summed E-state index contributed by atoms with van der Waals surface area (Å²) < 4.78 is 27.1. The van der Waals surface area contributed by atoms with Gasteiger partial charge in [0.25, 0.3) is 0 Å². The van der Waals surface area contributed by atoms with Gasteiger partial charge in [-0.25, -0.2) is 8.78 Å². The van der Waals surface area contributed by atoms with Gasteiger partial charge in [0.1, 0.15) is 0 Å². The molecule has 0 aliphatic heterocycles. The van der Waals surface area contributed by atoms with Gasteiger partial charge in [-0.05, 0) is 56.7 Å². The molecule has 0 radical (unpaired) electrons. The van der Waals surface area contributed by atoms with E-state index in [4.69, 9.17) is 0 Å². The lowest BCUT2D eigenvalue weighted by atomic mass is 9.76. The molecule has 0 aliphatic carbocycles. The average Bonchev–Trinajstić information content (AvgIpc) is 2.26. The first kappa shape index (κ1) is 17.1. The maximum absolute atomic E-state index is 13.8. The largest absolute Gasteiger partial charge is 0.312 e. The third kappa shape index (κ3) is 5.20. The summed E-state index contributed by atoms with van der Waals surface area (Å²) >= 11 is 0. The molecule has 1 aromatic rings. The van der Waals surface area contributed by atoms with Crippen LogP contribution in [0, 0.1) is 23.0 Å². The zero-order valence-corrected chi connectivity index (χ0v) is 13.5. The first-order chi connectivity index (χ1) is 9.00. The second-order valence-corrected chi connectivity index (χ2v) is 7.61. The fraction of sp³-hybridized carbons (Fsp3) is 0.647. The molecule has 1 nitrogen and oxygen atoms in total. The van der Waals surface area contributed by atoms with Crippen LogP contribution >= 0.6 is 0 Å². The molecule has 0 spiro atoms. The minimum Gasteiger partial charge on any atom is -0.312 e. The van der Waals surface area contributed by atoms with E-state index in [1.165, 1.54) is 6.07 Å². The summed E-state index contributed by atoms with van der Waals surface area (Å²) in [7, 11) is 0. The van der Waals surface area contributed by atoms with Crippen LogP contribution in [-0.2, 0) is 6.42 Å². The molecule has 0 saturated heterocycles. The quantitative estimate of drug-likeness (QED) is 0.854. The smallest absolute Gasteiger partial charge is 0.162 e. The predicted octanol–water partition coefficient (Wildman–Crippen LogP) is 4.56. The van der Waals surface area contributed by atoms with E-state index in [-0.39, 0.29) is 16.9 Å². The number of nitrogens with one attached hydrogen (secondary N) is 1. The Bertz CT molecular complexity index is 441. The molecule has 3 heteroatoms. The van der Waals surface area contributed by atoms with E-state index in [9.17, 15) is 8.78 Å². The second kappa shape index (κ2) is 6.21. The van der Waals surface area contributed by atoms with Crippen molar-refractivity contribution < 1.29 is 8.78 Å². The summed E-state index contributed by atoms with van der Waals surface area (Å²) in [6.45, 7) is 13.5. The van der Waals surface area contributed by atoms with Crippen LogP contribution in [0.1, 0.15) is 47.1 Å². The van der Waals surface area contributed by atoms with E-state index in [0.29, 0.717) is 12.0 Å². The number of hydrogen-bond donors (Lipinski definition) is 1. The molecule has 0 fully saturated rings. The van der Waals surface area contributed by atoms with Crippen molar-refractivity contribution in [2.75, 3.05) is 6.54 Å². The molecular weight excluding hydrogens is 256 g/mol. The molecule has 1 atom stereocenters. The maximum atomic E-state index is 13.8. The van der Waals surface area contributed by atoms with Crippen molar-refractivity contribution in [3.63, 3.8) is 0 Å². The Balaban J connectivity index is 2.88. The van der Waals surface area contributed by atoms with Gasteiger partial charge >= 0.3 is 0 Å². The number of halogens is 2. The number of benzene rings is 1. The standard InChI is InChI=1S/C17H27F2N/c1-16(2,3)13(11-20-17(4,5)6)10-12-8-7-9-14(18)15(12)19/h7-9,13,20H,10-11H2,1-6H3. The van der Waals surface area contributed by atoms with Crippen molar-refractivity contribution >= 4 is 0 Å². The predicted molar refractivity (Wildman–Crippen MR) is 80.8 cm³/mol. The molecule has 1 N–H and O–H groups in total. The van der Waals surface area contributed by atoms with Crippen LogP contribution in [0.15, 0.2) is 18.2 Å². The Kier molecular flexibility index (Phi) is 5.31. The highest BCUT2D eigenvalue weighted by atomic mass is 19.2. The van der Waals surface area contributed by atoms with E-state index in [1.807, 2.05) is 0 Å². The minimum atomic E-state index is -0.765. The van der Waals surface area contributed by atoms with Gasteiger partial charge in [0, 0.05) is 5.54 Å². The van der Waals surface area contributed by atoms with Crippen molar-refractivity contribution in [3.8, 4) is 0 Å². The summed E-state index contributed by atoms with van der Waals surface area (Å²) in [6, 6.07) is 4.41. The van der Waals surface area contributed by atoms with Crippen LogP contribution in [0.4, 0.5) is 8.78 Å².